The normalized spacial score (nSPS) is 18.1. The summed E-state index contributed by atoms with van der Waals surface area (Å²) in [4.78, 5) is 16.3. The summed E-state index contributed by atoms with van der Waals surface area (Å²) in [6.07, 6.45) is 2.64. The molecule has 0 spiro atoms. The van der Waals surface area contributed by atoms with Crippen LogP contribution in [0.1, 0.15) is 33.4 Å². The van der Waals surface area contributed by atoms with Crippen LogP contribution in [0.2, 0.25) is 0 Å². The number of H-pyrrole nitrogens is 1. The molecule has 3 N–H and O–H groups in total. The second-order valence-corrected chi connectivity index (χ2v) is 7.10. The zero-order chi connectivity index (χ0) is 17.6. The molecule has 26 heavy (non-hydrogen) atoms. The second-order valence-electron chi connectivity index (χ2n) is 7.10. The number of hydrogen-bond donors (Lipinski definition) is 3. The summed E-state index contributed by atoms with van der Waals surface area (Å²) < 4.78 is 1.80. The van der Waals surface area contributed by atoms with Crippen LogP contribution in [0, 0.1) is 0 Å². The molecular weight excluding hydrogens is 328 g/mol. The highest BCUT2D eigenvalue weighted by Gasteiger charge is 2.38. The fourth-order valence-corrected chi connectivity index (χ4v) is 4.68. The molecule has 128 valence electrons. The van der Waals surface area contributed by atoms with Gasteiger partial charge in [0, 0.05) is 46.2 Å². The Hall–Kier alpha value is -3.12. The molecule has 0 radical (unpaired) electrons. The summed E-state index contributed by atoms with van der Waals surface area (Å²) in [6, 6.07) is 8.04. The fraction of sp³-hybridized carbons (Fsp3) is 0.200. The van der Waals surface area contributed by atoms with Crippen molar-refractivity contribution in [3.63, 3.8) is 0 Å². The fourth-order valence-electron chi connectivity index (χ4n) is 4.68. The highest BCUT2D eigenvalue weighted by Crippen LogP contribution is 2.47. The monoisotopic (exact) mass is 344 g/mol. The molecule has 6 heteroatoms. The minimum Gasteiger partial charge on any atom is -0.369 e. The molecule has 6 nitrogen and oxygen atoms in total. The van der Waals surface area contributed by atoms with Crippen LogP contribution >= 0.6 is 0 Å². The lowest BCUT2D eigenvalue weighted by Crippen LogP contribution is -2.18. The Bertz CT molecular complexity index is 1260. The van der Waals surface area contributed by atoms with Crippen molar-refractivity contribution in [2.45, 2.75) is 19.1 Å². The molecule has 1 aliphatic carbocycles. The first-order chi connectivity index (χ1) is 12.6. The Morgan fingerprint density at radius 2 is 2.08 bits per heavy atom. The molecular formula is C20H16N4O2. The summed E-state index contributed by atoms with van der Waals surface area (Å²) in [5.74, 6) is -0.215. The van der Waals surface area contributed by atoms with E-state index in [2.05, 4.69) is 15.4 Å². The highest BCUT2D eigenvalue weighted by atomic mass is 16.3. The second kappa shape index (κ2) is 4.53. The van der Waals surface area contributed by atoms with Gasteiger partial charge in [-0.2, -0.15) is 5.10 Å². The predicted molar refractivity (Wildman–Crippen MR) is 97.8 cm³/mol. The van der Waals surface area contributed by atoms with Crippen molar-refractivity contribution in [1.29, 1.82) is 0 Å². The van der Waals surface area contributed by atoms with E-state index in [1.807, 2.05) is 37.5 Å². The summed E-state index contributed by atoms with van der Waals surface area (Å²) in [5.41, 5.74) is 7.37. The SMILES string of the molecule is Cn1cc2c(n1)CCc1c-2c2c(c3c1[nH]c1ccccc13)C(O)NC2=O. The van der Waals surface area contributed by atoms with E-state index in [1.54, 1.807) is 4.68 Å². The molecule has 1 unspecified atom stereocenters. The van der Waals surface area contributed by atoms with E-state index in [0.29, 0.717) is 11.1 Å². The number of fused-ring (bicyclic) bond motifs is 10. The molecule has 0 bridgehead atoms. The van der Waals surface area contributed by atoms with Gasteiger partial charge in [-0.05, 0) is 24.5 Å². The van der Waals surface area contributed by atoms with E-state index in [9.17, 15) is 9.90 Å². The molecule has 0 saturated heterocycles. The van der Waals surface area contributed by atoms with E-state index < -0.39 is 6.23 Å². The van der Waals surface area contributed by atoms with Gasteiger partial charge in [-0.25, -0.2) is 0 Å². The highest BCUT2D eigenvalue weighted by molar-refractivity contribution is 6.19. The minimum absolute atomic E-state index is 0.215. The number of para-hydroxylation sites is 1. The number of aliphatic hydroxyl groups is 1. The molecule has 1 aliphatic heterocycles. The van der Waals surface area contributed by atoms with Crippen LogP contribution in [0.3, 0.4) is 0 Å². The van der Waals surface area contributed by atoms with Gasteiger partial charge in [-0.15, -0.1) is 0 Å². The maximum Gasteiger partial charge on any atom is 0.254 e. The van der Waals surface area contributed by atoms with Gasteiger partial charge in [0.1, 0.15) is 0 Å². The number of aliphatic hydroxyl groups excluding tert-OH is 1. The zero-order valence-electron chi connectivity index (χ0n) is 14.1. The predicted octanol–water partition coefficient (Wildman–Crippen LogP) is 2.55. The van der Waals surface area contributed by atoms with Crippen molar-refractivity contribution in [3.8, 4) is 11.1 Å². The molecule has 3 heterocycles. The van der Waals surface area contributed by atoms with Crippen LogP contribution in [0.4, 0.5) is 0 Å². The molecule has 0 fully saturated rings. The minimum atomic E-state index is -0.994. The zero-order valence-corrected chi connectivity index (χ0v) is 14.1. The number of nitrogens with zero attached hydrogens (tertiary/aromatic N) is 2. The van der Waals surface area contributed by atoms with Crippen molar-refractivity contribution < 1.29 is 9.90 Å². The summed E-state index contributed by atoms with van der Waals surface area (Å²) in [6.45, 7) is 0. The first-order valence-corrected chi connectivity index (χ1v) is 8.74. The average Bonchev–Trinajstić information content (AvgIpc) is 3.27. The molecule has 4 aromatic rings. The van der Waals surface area contributed by atoms with Crippen LogP contribution < -0.4 is 5.32 Å². The van der Waals surface area contributed by atoms with Gasteiger partial charge in [0.15, 0.2) is 6.23 Å². The Balaban J connectivity index is 1.88. The van der Waals surface area contributed by atoms with E-state index in [0.717, 1.165) is 57.0 Å². The van der Waals surface area contributed by atoms with E-state index in [-0.39, 0.29) is 5.91 Å². The third-order valence-electron chi connectivity index (χ3n) is 5.65. The van der Waals surface area contributed by atoms with Gasteiger partial charge >= 0.3 is 0 Å². The molecule has 2 aromatic heterocycles. The third-order valence-corrected chi connectivity index (χ3v) is 5.65. The Morgan fingerprint density at radius 3 is 2.96 bits per heavy atom. The van der Waals surface area contributed by atoms with Gasteiger partial charge < -0.3 is 15.4 Å². The van der Waals surface area contributed by atoms with Gasteiger partial charge in [-0.3, -0.25) is 9.48 Å². The van der Waals surface area contributed by atoms with E-state index in [4.69, 9.17) is 0 Å². The van der Waals surface area contributed by atoms with Gasteiger partial charge in [0.05, 0.1) is 16.8 Å². The lowest BCUT2D eigenvalue weighted by Gasteiger charge is -2.20. The number of carbonyl (C=O) groups is 1. The first kappa shape index (κ1) is 14.1. The molecule has 1 amide bonds. The maximum absolute atomic E-state index is 12.8. The van der Waals surface area contributed by atoms with Crippen LogP contribution in [0.25, 0.3) is 32.9 Å². The smallest absolute Gasteiger partial charge is 0.254 e. The number of hydrogen-bond acceptors (Lipinski definition) is 3. The quantitative estimate of drug-likeness (QED) is 0.458. The molecule has 0 saturated carbocycles. The lowest BCUT2D eigenvalue weighted by molar-refractivity contribution is 0.0852. The van der Waals surface area contributed by atoms with Crippen molar-refractivity contribution in [2.75, 3.05) is 0 Å². The number of aromatic amines is 1. The molecule has 2 aliphatic rings. The lowest BCUT2D eigenvalue weighted by atomic mass is 9.82. The van der Waals surface area contributed by atoms with Gasteiger partial charge in [0.25, 0.3) is 5.91 Å². The van der Waals surface area contributed by atoms with E-state index >= 15 is 0 Å². The van der Waals surface area contributed by atoms with Crippen molar-refractivity contribution in [2.24, 2.45) is 7.05 Å². The van der Waals surface area contributed by atoms with Crippen molar-refractivity contribution in [1.82, 2.24) is 20.1 Å². The topological polar surface area (TPSA) is 82.9 Å². The largest absolute Gasteiger partial charge is 0.369 e. The average molecular weight is 344 g/mol. The standard InChI is InChI=1S/C20H16N4O2/c1-24-8-11-13(23-24)7-6-10-14(11)16-17(20(26)22-19(16)25)15-9-4-2-3-5-12(9)21-18(10)15/h2-5,8,20-21,26H,6-7H2,1H3,(H,22,25). The maximum atomic E-state index is 12.8. The number of nitrogens with one attached hydrogen (secondary N) is 2. The number of carbonyl (C=O) groups excluding carboxylic acids is 1. The Kier molecular flexibility index (Phi) is 2.46. The van der Waals surface area contributed by atoms with Crippen molar-refractivity contribution in [3.05, 3.63) is 52.8 Å². The van der Waals surface area contributed by atoms with Crippen LogP contribution in [0.15, 0.2) is 30.5 Å². The van der Waals surface area contributed by atoms with Crippen LogP contribution in [-0.2, 0) is 19.9 Å². The molecule has 6 rings (SSSR count). The van der Waals surface area contributed by atoms with Crippen LogP contribution in [0.5, 0.6) is 0 Å². The first-order valence-electron chi connectivity index (χ1n) is 8.74. The number of benzene rings is 2. The number of amides is 1. The number of aryl methyl sites for hydroxylation is 3. The summed E-state index contributed by atoms with van der Waals surface area (Å²) in [7, 11) is 1.90. The summed E-state index contributed by atoms with van der Waals surface area (Å²) >= 11 is 0. The summed E-state index contributed by atoms with van der Waals surface area (Å²) in [5, 5.41) is 19.9. The molecule has 2 aromatic carbocycles. The van der Waals surface area contributed by atoms with Crippen molar-refractivity contribution >= 4 is 27.7 Å². The van der Waals surface area contributed by atoms with Gasteiger partial charge in [-0.1, -0.05) is 18.2 Å². The third kappa shape index (κ3) is 1.55. The number of rotatable bonds is 0. The Morgan fingerprint density at radius 1 is 1.23 bits per heavy atom. The number of aromatic nitrogens is 3. The molecule has 1 atom stereocenters. The van der Waals surface area contributed by atoms with Crippen LogP contribution in [-0.4, -0.2) is 25.8 Å². The van der Waals surface area contributed by atoms with Gasteiger partial charge in [0.2, 0.25) is 0 Å². The Labute approximate surface area is 148 Å². The van der Waals surface area contributed by atoms with E-state index in [1.165, 1.54) is 0 Å².